The number of rotatable bonds is 4. The van der Waals surface area contributed by atoms with Crippen molar-refractivity contribution in [3.63, 3.8) is 0 Å². The molecule has 1 fully saturated rings. The molecule has 0 N–H and O–H groups in total. The summed E-state index contributed by atoms with van der Waals surface area (Å²) in [5.74, 6) is 0.480. The van der Waals surface area contributed by atoms with Gasteiger partial charge in [0, 0.05) is 17.5 Å². The van der Waals surface area contributed by atoms with E-state index < -0.39 is 6.10 Å². The van der Waals surface area contributed by atoms with Gasteiger partial charge in [-0.2, -0.15) is 0 Å². The molecule has 1 unspecified atom stereocenters. The second-order valence-electron chi connectivity index (χ2n) is 4.97. The minimum Gasteiger partial charge on any atom is -0.475 e. The lowest BCUT2D eigenvalue weighted by Gasteiger charge is -2.18. The van der Waals surface area contributed by atoms with E-state index in [4.69, 9.17) is 21.1 Å². The van der Waals surface area contributed by atoms with E-state index in [9.17, 15) is 4.79 Å². The lowest BCUT2D eigenvalue weighted by atomic mass is 10.2. The monoisotopic (exact) mass is 417 g/mol. The molecule has 3 rings (SSSR count). The average molecular weight is 418 g/mol. The van der Waals surface area contributed by atoms with Crippen LogP contribution in [0.25, 0.3) is 10.9 Å². The number of esters is 1. The van der Waals surface area contributed by atoms with Crippen LogP contribution < -0.4 is 4.74 Å². The molecule has 0 amide bonds. The lowest BCUT2D eigenvalue weighted by Crippen LogP contribution is -2.31. The molecule has 1 heterocycles. The van der Waals surface area contributed by atoms with Gasteiger partial charge in [0.15, 0.2) is 11.9 Å². The summed E-state index contributed by atoms with van der Waals surface area (Å²) in [5, 5.41) is 1.44. The summed E-state index contributed by atoms with van der Waals surface area (Å²) in [5.41, 5.74) is 0.670. The van der Waals surface area contributed by atoms with Crippen LogP contribution in [0.2, 0.25) is 5.02 Å². The fraction of sp³-hybridized carbons (Fsp3) is 0.333. The standard InChI is InChI=1S/C15H13ClINO3/c1-20-15(19)13(8-4-5-8)21-14-11(17)7-10(16)9-3-2-6-18-12(9)14/h2-3,6-8,13H,4-5H2,1H3. The Balaban J connectivity index is 2.05. The molecule has 1 atom stereocenters. The third-order valence-corrected chi connectivity index (χ3v) is 4.59. The van der Waals surface area contributed by atoms with E-state index in [1.54, 1.807) is 6.20 Å². The van der Waals surface area contributed by atoms with Gasteiger partial charge in [0.2, 0.25) is 0 Å². The Labute approximate surface area is 140 Å². The van der Waals surface area contributed by atoms with Crippen LogP contribution in [0.15, 0.2) is 24.4 Å². The van der Waals surface area contributed by atoms with Gasteiger partial charge in [0.05, 0.1) is 15.7 Å². The molecule has 1 aromatic heterocycles. The Hall–Kier alpha value is -1.08. The number of halogens is 2. The van der Waals surface area contributed by atoms with Crippen LogP contribution in [0.5, 0.6) is 5.75 Å². The molecule has 110 valence electrons. The molecule has 0 aliphatic heterocycles. The van der Waals surface area contributed by atoms with Gasteiger partial charge in [-0.1, -0.05) is 11.6 Å². The maximum atomic E-state index is 11.9. The largest absolute Gasteiger partial charge is 0.475 e. The molecule has 6 heteroatoms. The SMILES string of the molecule is COC(=O)C(Oc1c(I)cc(Cl)c2cccnc12)C1CC1. The minimum absolute atomic E-state index is 0.225. The van der Waals surface area contributed by atoms with E-state index in [0.717, 1.165) is 21.8 Å². The highest BCUT2D eigenvalue weighted by Crippen LogP contribution is 2.40. The second-order valence-corrected chi connectivity index (χ2v) is 6.54. The molecular weight excluding hydrogens is 405 g/mol. The number of carbonyl (C=O) groups excluding carboxylic acids is 1. The Morgan fingerprint density at radius 2 is 2.29 bits per heavy atom. The maximum Gasteiger partial charge on any atom is 0.347 e. The van der Waals surface area contributed by atoms with Gasteiger partial charge < -0.3 is 9.47 Å². The van der Waals surface area contributed by atoms with Crippen molar-refractivity contribution >= 4 is 51.1 Å². The third kappa shape index (κ3) is 2.94. The van der Waals surface area contributed by atoms with E-state index >= 15 is 0 Å². The lowest BCUT2D eigenvalue weighted by molar-refractivity contribution is -0.149. The number of hydrogen-bond acceptors (Lipinski definition) is 4. The Bertz CT molecular complexity index is 703. The summed E-state index contributed by atoms with van der Waals surface area (Å²) in [6, 6.07) is 5.53. The summed E-state index contributed by atoms with van der Waals surface area (Å²) in [4.78, 5) is 16.3. The maximum absolute atomic E-state index is 11.9. The van der Waals surface area contributed by atoms with Gasteiger partial charge >= 0.3 is 5.97 Å². The van der Waals surface area contributed by atoms with E-state index in [1.807, 2.05) is 18.2 Å². The fourth-order valence-electron chi connectivity index (χ4n) is 2.24. The number of ether oxygens (including phenoxy) is 2. The zero-order chi connectivity index (χ0) is 15.0. The van der Waals surface area contributed by atoms with Crippen molar-refractivity contribution in [2.45, 2.75) is 18.9 Å². The van der Waals surface area contributed by atoms with Crippen molar-refractivity contribution in [2.24, 2.45) is 5.92 Å². The Morgan fingerprint density at radius 1 is 1.52 bits per heavy atom. The van der Waals surface area contributed by atoms with E-state index in [2.05, 4.69) is 27.6 Å². The summed E-state index contributed by atoms with van der Waals surface area (Å²) >= 11 is 8.39. The van der Waals surface area contributed by atoms with Crippen molar-refractivity contribution < 1.29 is 14.3 Å². The minimum atomic E-state index is -0.574. The van der Waals surface area contributed by atoms with Crippen molar-refractivity contribution in [2.75, 3.05) is 7.11 Å². The molecular formula is C15H13ClINO3. The number of benzene rings is 1. The van der Waals surface area contributed by atoms with Crippen LogP contribution in [-0.4, -0.2) is 24.2 Å². The summed E-state index contributed by atoms with van der Waals surface area (Å²) < 4.78 is 11.7. The Kier molecular flexibility index (Phi) is 4.21. The molecule has 1 saturated carbocycles. The molecule has 0 bridgehead atoms. The topological polar surface area (TPSA) is 48.4 Å². The summed E-state index contributed by atoms with van der Waals surface area (Å²) in [7, 11) is 1.38. The molecule has 1 aliphatic rings. The molecule has 2 aromatic rings. The number of methoxy groups -OCH3 is 1. The molecule has 1 aromatic carbocycles. The van der Waals surface area contributed by atoms with Crippen molar-refractivity contribution in [1.82, 2.24) is 4.98 Å². The second kappa shape index (κ2) is 5.96. The van der Waals surface area contributed by atoms with E-state index in [0.29, 0.717) is 16.3 Å². The molecule has 4 nitrogen and oxygen atoms in total. The first-order chi connectivity index (χ1) is 10.1. The predicted molar refractivity (Wildman–Crippen MR) is 88.6 cm³/mol. The van der Waals surface area contributed by atoms with Gasteiger partial charge in [-0.05, 0) is 53.6 Å². The normalized spacial score (nSPS) is 15.8. The van der Waals surface area contributed by atoms with Crippen LogP contribution in [0.3, 0.4) is 0 Å². The van der Waals surface area contributed by atoms with Gasteiger partial charge in [-0.3, -0.25) is 4.98 Å². The van der Waals surface area contributed by atoms with E-state index in [1.165, 1.54) is 7.11 Å². The highest BCUT2D eigenvalue weighted by molar-refractivity contribution is 14.1. The van der Waals surface area contributed by atoms with Crippen molar-refractivity contribution in [3.05, 3.63) is 33.0 Å². The molecule has 0 saturated heterocycles. The first-order valence-electron chi connectivity index (χ1n) is 6.59. The fourth-order valence-corrected chi connectivity index (χ4v) is 3.38. The van der Waals surface area contributed by atoms with Gasteiger partial charge in [-0.25, -0.2) is 4.79 Å². The van der Waals surface area contributed by atoms with Crippen LogP contribution in [0, 0.1) is 9.49 Å². The summed E-state index contributed by atoms with van der Waals surface area (Å²) in [6.07, 6.45) is 3.08. The van der Waals surface area contributed by atoms with Crippen LogP contribution in [0.4, 0.5) is 0 Å². The third-order valence-electron chi connectivity index (χ3n) is 3.48. The number of carbonyl (C=O) groups is 1. The average Bonchev–Trinajstić information content (AvgIpc) is 3.31. The van der Waals surface area contributed by atoms with Crippen molar-refractivity contribution in [1.29, 1.82) is 0 Å². The Morgan fingerprint density at radius 3 is 2.95 bits per heavy atom. The van der Waals surface area contributed by atoms with Gasteiger partial charge in [0.25, 0.3) is 0 Å². The van der Waals surface area contributed by atoms with Crippen molar-refractivity contribution in [3.8, 4) is 5.75 Å². The van der Waals surface area contributed by atoms with Crippen LogP contribution in [-0.2, 0) is 9.53 Å². The van der Waals surface area contributed by atoms with Gasteiger partial charge in [-0.15, -0.1) is 0 Å². The molecule has 21 heavy (non-hydrogen) atoms. The number of pyridine rings is 1. The first-order valence-corrected chi connectivity index (χ1v) is 8.04. The molecule has 1 aliphatic carbocycles. The van der Waals surface area contributed by atoms with E-state index in [-0.39, 0.29) is 11.9 Å². The summed E-state index contributed by atoms with van der Waals surface area (Å²) in [6.45, 7) is 0. The zero-order valence-corrected chi connectivity index (χ0v) is 14.2. The zero-order valence-electron chi connectivity index (χ0n) is 11.3. The highest BCUT2D eigenvalue weighted by Gasteiger charge is 2.39. The molecule has 0 radical (unpaired) electrons. The smallest absolute Gasteiger partial charge is 0.347 e. The number of fused-ring (bicyclic) bond motifs is 1. The number of nitrogens with zero attached hydrogens (tertiary/aromatic N) is 1. The quantitative estimate of drug-likeness (QED) is 0.560. The van der Waals surface area contributed by atoms with Crippen LogP contribution >= 0.6 is 34.2 Å². The predicted octanol–water partition coefficient (Wildman–Crippen LogP) is 3.82. The highest BCUT2D eigenvalue weighted by atomic mass is 127. The first kappa shape index (κ1) is 14.8. The number of hydrogen-bond donors (Lipinski definition) is 0. The van der Waals surface area contributed by atoms with Crippen LogP contribution in [0.1, 0.15) is 12.8 Å². The number of aromatic nitrogens is 1. The van der Waals surface area contributed by atoms with Gasteiger partial charge in [0.1, 0.15) is 5.52 Å². The molecule has 0 spiro atoms.